The van der Waals surface area contributed by atoms with Crippen molar-refractivity contribution in [3.05, 3.63) is 34.7 Å². The molecule has 1 aromatic carbocycles. The Balaban J connectivity index is 2.07. The van der Waals surface area contributed by atoms with E-state index in [1.807, 2.05) is 31.2 Å². The first kappa shape index (κ1) is 15.3. The molecule has 0 radical (unpaired) electrons. The maximum atomic E-state index is 12.3. The molecule has 0 saturated heterocycles. The van der Waals surface area contributed by atoms with Gasteiger partial charge in [-0.2, -0.15) is 0 Å². The number of aryl methyl sites for hydroxylation is 1. The van der Waals surface area contributed by atoms with Crippen molar-refractivity contribution in [1.82, 2.24) is 4.98 Å². The molecule has 0 unspecified atom stereocenters. The number of amides is 1. The molecular weight excluding hydrogens is 288 g/mol. The summed E-state index contributed by atoms with van der Waals surface area (Å²) in [6.45, 7) is 3.11. The molecule has 112 valence electrons. The number of nitrogens with one attached hydrogen (secondary N) is 2. The van der Waals surface area contributed by atoms with Crippen molar-refractivity contribution in [1.29, 1.82) is 0 Å². The molecular formula is C14H18N4O2S. The molecule has 1 amide bonds. The van der Waals surface area contributed by atoms with Crippen molar-refractivity contribution in [3.63, 3.8) is 0 Å². The zero-order valence-electron chi connectivity index (χ0n) is 12.0. The summed E-state index contributed by atoms with van der Waals surface area (Å²) >= 11 is 1.23. The van der Waals surface area contributed by atoms with Crippen LogP contribution < -0.4 is 16.4 Å². The standard InChI is InChI=1S/C14H18N4O2S/c1-9-5-3-4-6-10(9)17-13(19)11-12(15)18-14(21-11)16-7-8-20-2/h3-6H,7-8,15H2,1-2H3,(H,16,18)(H,17,19). The van der Waals surface area contributed by atoms with Crippen molar-refractivity contribution in [2.24, 2.45) is 0 Å². The van der Waals surface area contributed by atoms with E-state index in [9.17, 15) is 4.79 Å². The highest BCUT2D eigenvalue weighted by molar-refractivity contribution is 7.18. The van der Waals surface area contributed by atoms with Gasteiger partial charge in [-0.15, -0.1) is 0 Å². The van der Waals surface area contributed by atoms with Crippen LogP contribution in [0.2, 0.25) is 0 Å². The van der Waals surface area contributed by atoms with Crippen molar-refractivity contribution in [2.75, 3.05) is 36.6 Å². The molecule has 1 heterocycles. The maximum absolute atomic E-state index is 12.3. The number of benzene rings is 1. The normalized spacial score (nSPS) is 10.4. The summed E-state index contributed by atoms with van der Waals surface area (Å²) in [6.07, 6.45) is 0. The largest absolute Gasteiger partial charge is 0.383 e. The van der Waals surface area contributed by atoms with Gasteiger partial charge in [0.2, 0.25) is 0 Å². The van der Waals surface area contributed by atoms with Crippen LogP contribution in [0.1, 0.15) is 15.2 Å². The van der Waals surface area contributed by atoms with Gasteiger partial charge < -0.3 is 21.1 Å². The summed E-state index contributed by atoms with van der Waals surface area (Å²) in [5.74, 6) is -0.0231. The Bertz CT molecular complexity index is 627. The van der Waals surface area contributed by atoms with Gasteiger partial charge in [0.1, 0.15) is 10.7 Å². The minimum atomic E-state index is -0.251. The maximum Gasteiger partial charge on any atom is 0.269 e. The first-order valence-electron chi connectivity index (χ1n) is 6.48. The number of nitrogen functional groups attached to an aromatic ring is 1. The number of hydrogen-bond donors (Lipinski definition) is 3. The Morgan fingerprint density at radius 1 is 1.43 bits per heavy atom. The molecule has 0 atom stereocenters. The van der Waals surface area contributed by atoms with Crippen molar-refractivity contribution in [3.8, 4) is 0 Å². The van der Waals surface area contributed by atoms with Gasteiger partial charge in [0.25, 0.3) is 5.91 Å². The number of thiazole rings is 1. The Hall–Kier alpha value is -2.12. The number of methoxy groups -OCH3 is 1. The number of rotatable bonds is 6. The number of anilines is 3. The third-order valence-electron chi connectivity index (χ3n) is 2.84. The number of aromatic nitrogens is 1. The van der Waals surface area contributed by atoms with Gasteiger partial charge in [-0.1, -0.05) is 29.5 Å². The smallest absolute Gasteiger partial charge is 0.269 e. The molecule has 0 bridgehead atoms. The third-order valence-corrected chi connectivity index (χ3v) is 3.86. The molecule has 2 aromatic rings. The van der Waals surface area contributed by atoms with Crippen molar-refractivity contribution >= 4 is 33.9 Å². The average Bonchev–Trinajstić information content (AvgIpc) is 2.83. The van der Waals surface area contributed by atoms with Crippen molar-refractivity contribution < 1.29 is 9.53 Å². The van der Waals surface area contributed by atoms with E-state index >= 15 is 0 Å². The molecule has 2 rings (SSSR count). The lowest BCUT2D eigenvalue weighted by Crippen LogP contribution is -2.12. The van der Waals surface area contributed by atoms with Crippen LogP contribution in [0, 0.1) is 6.92 Å². The molecule has 21 heavy (non-hydrogen) atoms. The highest BCUT2D eigenvalue weighted by atomic mass is 32.1. The molecule has 0 aliphatic heterocycles. The number of carbonyl (C=O) groups excluding carboxylic acids is 1. The zero-order chi connectivity index (χ0) is 15.2. The molecule has 4 N–H and O–H groups in total. The van der Waals surface area contributed by atoms with E-state index in [0.29, 0.717) is 23.2 Å². The van der Waals surface area contributed by atoms with Crippen LogP contribution in [0.15, 0.2) is 24.3 Å². The molecule has 7 heteroatoms. The Kier molecular flexibility index (Phi) is 5.13. The summed E-state index contributed by atoms with van der Waals surface area (Å²) < 4.78 is 4.94. The van der Waals surface area contributed by atoms with E-state index in [0.717, 1.165) is 11.3 Å². The van der Waals surface area contributed by atoms with Gasteiger partial charge >= 0.3 is 0 Å². The highest BCUT2D eigenvalue weighted by Gasteiger charge is 2.16. The van der Waals surface area contributed by atoms with Crippen LogP contribution in [0.3, 0.4) is 0 Å². The van der Waals surface area contributed by atoms with Crippen LogP contribution in [-0.4, -0.2) is 31.2 Å². The van der Waals surface area contributed by atoms with Crippen molar-refractivity contribution in [2.45, 2.75) is 6.92 Å². The van der Waals surface area contributed by atoms with E-state index < -0.39 is 0 Å². The van der Waals surface area contributed by atoms with Crippen LogP contribution >= 0.6 is 11.3 Å². The van der Waals surface area contributed by atoms with Gasteiger partial charge in [-0.25, -0.2) is 4.98 Å². The lowest BCUT2D eigenvalue weighted by molar-refractivity contribution is 0.103. The third kappa shape index (κ3) is 3.93. The molecule has 6 nitrogen and oxygen atoms in total. The first-order chi connectivity index (χ1) is 10.1. The number of hydrogen-bond acceptors (Lipinski definition) is 6. The van der Waals surface area contributed by atoms with Crippen LogP contribution in [0.5, 0.6) is 0 Å². The summed E-state index contributed by atoms with van der Waals surface area (Å²) in [7, 11) is 1.62. The Morgan fingerprint density at radius 3 is 2.90 bits per heavy atom. The van der Waals surface area contributed by atoms with Gasteiger partial charge in [0.15, 0.2) is 5.13 Å². The van der Waals surface area contributed by atoms with E-state index in [2.05, 4.69) is 15.6 Å². The molecule has 0 aliphatic carbocycles. The minimum Gasteiger partial charge on any atom is -0.383 e. The molecule has 1 aromatic heterocycles. The van der Waals surface area contributed by atoms with E-state index in [1.165, 1.54) is 11.3 Å². The predicted molar refractivity (Wildman–Crippen MR) is 86.0 cm³/mol. The van der Waals surface area contributed by atoms with Gasteiger partial charge in [0, 0.05) is 19.3 Å². The number of carbonyl (C=O) groups is 1. The number of nitrogens with two attached hydrogens (primary N) is 1. The lowest BCUT2D eigenvalue weighted by Gasteiger charge is -2.06. The number of para-hydroxylation sites is 1. The summed E-state index contributed by atoms with van der Waals surface area (Å²) in [6, 6.07) is 7.58. The average molecular weight is 306 g/mol. The van der Waals surface area contributed by atoms with Gasteiger partial charge in [0.05, 0.1) is 6.61 Å². The fourth-order valence-corrected chi connectivity index (χ4v) is 2.53. The first-order valence-corrected chi connectivity index (χ1v) is 7.29. The fourth-order valence-electron chi connectivity index (χ4n) is 1.72. The van der Waals surface area contributed by atoms with Crippen LogP contribution in [-0.2, 0) is 4.74 Å². The Labute approximate surface area is 127 Å². The Morgan fingerprint density at radius 2 is 2.19 bits per heavy atom. The highest BCUT2D eigenvalue weighted by Crippen LogP contribution is 2.26. The van der Waals surface area contributed by atoms with Gasteiger partial charge in [-0.05, 0) is 18.6 Å². The number of ether oxygens (including phenoxy) is 1. The molecule has 0 spiro atoms. The fraction of sp³-hybridized carbons (Fsp3) is 0.286. The van der Waals surface area contributed by atoms with Gasteiger partial charge in [-0.3, -0.25) is 4.79 Å². The second kappa shape index (κ2) is 7.05. The lowest BCUT2D eigenvalue weighted by atomic mass is 10.2. The monoisotopic (exact) mass is 306 g/mol. The second-order valence-corrected chi connectivity index (χ2v) is 5.42. The molecule has 0 saturated carbocycles. The summed E-state index contributed by atoms with van der Waals surface area (Å²) in [4.78, 5) is 16.8. The SMILES string of the molecule is COCCNc1nc(N)c(C(=O)Nc2ccccc2C)s1. The van der Waals surface area contributed by atoms with E-state index in [4.69, 9.17) is 10.5 Å². The zero-order valence-corrected chi connectivity index (χ0v) is 12.8. The molecule has 0 fully saturated rings. The van der Waals surface area contributed by atoms with E-state index in [-0.39, 0.29) is 11.7 Å². The minimum absolute atomic E-state index is 0.228. The summed E-state index contributed by atoms with van der Waals surface area (Å²) in [5.41, 5.74) is 7.57. The van der Waals surface area contributed by atoms with Crippen LogP contribution in [0.4, 0.5) is 16.6 Å². The van der Waals surface area contributed by atoms with E-state index in [1.54, 1.807) is 7.11 Å². The van der Waals surface area contributed by atoms with Crippen LogP contribution in [0.25, 0.3) is 0 Å². The topological polar surface area (TPSA) is 89.3 Å². The second-order valence-electron chi connectivity index (χ2n) is 4.42. The summed E-state index contributed by atoms with van der Waals surface area (Å²) in [5, 5.41) is 6.52. The number of nitrogens with zero attached hydrogens (tertiary/aromatic N) is 1. The molecule has 0 aliphatic rings. The predicted octanol–water partition coefficient (Wildman–Crippen LogP) is 2.34. The quantitative estimate of drug-likeness (QED) is 0.713.